The summed E-state index contributed by atoms with van der Waals surface area (Å²) in [7, 11) is 0. The normalized spacial score (nSPS) is 33.8. The summed E-state index contributed by atoms with van der Waals surface area (Å²) in [6.07, 6.45) is 7.85. The van der Waals surface area contributed by atoms with Gasteiger partial charge in [0.1, 0.15) is 0 Å². The van der Waals surface area contributed by atoms with E-state index in [1.165, 1.54) is 11.8 Å². The molecule has 0 saturated heterocycles. The van der Waals surface area contributed by atoms with Crippen LogP contribution in [0.2, 0.25) is 0 Å². The van der Waals surface area contributed by atoms with Crippen molar-refractivity contribution in [2.45, 2.75) is 33.6 Å². The fourth-order valence-corrected chi connectivity index (χ4v) is 2.84. The molecule has 0 aromatic rings. The van der Waals surface area contributed by atoms with E-state index in [4.69, 9.17) is 4.74 Å². The van der Waals surface area contributed by atoms with Crippen molar-refractivity contribution in [1.82, 2.24) is 0 Å². The molecule has 0 radical (unpaired) electrons. The lowest BCUT2D eigenvalue weighted by Crippen LogP contribution is -2.28. The van der Waals surface area contributed by atoms with Crippen molar-refractivity contribution in [2.24, 2.45) is 17.3 Å². The van der Waals surface area contributed by atoms with E-state index in [1.807, 2.05) is 6.08 Å². The number of ether oxygens (including phenoxy) is 1. The summed E-state index contributed by atoms with van der Waals surface area (Å²) in [5.41, 5.74) is 1.70. The Balaban J connectivity index is 2.19. The van der Waals surface area contributed by atoms with Gasteiger partial charge < -0.3 is 4.74 Å². The summed E-state index contributed by atoms with van der Waals surface area (Å²) in [4.78, 5) is 11.5. The molecule has 15 heavy (non-hydrogen) atoms. The highest BCUT2D eigenvalue weighted by Gasteiger charge is 2.36. The number of cyclic esters (lactones) is 1. The van der Waals surface area contributed by atoms with E-state index in [9.17, 15) is 4.79 Å². The van der Waals surface area contributed by atoms with Crippen molar-refractivity contribution in [3.8, 4) is 0 Å². The van der Waals surface area contributed by atoms with E-state index in [2.05, 4.69) is 26.8 Å². The molecule has 2 atom stereocenters. The summed E-state index contributed by atoms with van der Waals surface area (Å²) in [6, 6.07) is 0. The molecule has 2 aliphatic rings. The number of rotatable bonds is 1. The molecule has 1 aliphatic carbocycles. The first-order chi connectivity index (χ1) is 6.98. The minimum Gasteiger partial charge on any atom is -0.434 e. The zero-order valence-electron chi connectivity index (χ0n) is 9.62. The van der Waals surface area contributed by atoms with E-state index in [0.29, 0.717) is 11.3 Å². The van der Waals surface area contributed by atoms with Crippen LogP contribution < -0.4 is 0 Å². The molecule has 1 aliphatic heterocycles. The average molecular weight is 206 g/mol. The molecule has 2 rings (SSSR count). The molecule has 0 aromatic heterocycles. The van der Waals surface area contributed by atoms with Crippen LogP contribution in [0.5, 0.6) is 0 Å². The van der Waals surface area contributed by atoms with Gasteiger partial charge in [0.2, 0.25) is 0 Å². The number of hydrogen-bond acceptors (Lipinski definition) is 2. The van der Waals surface area contributed by atoms with Gasteiger partial charge in [-0.1, -0.05) is 25.5 Å². The van der Waals surface area contributed by atoms with Crippen LogP contribution in [0, 0.1) is 17.3 Å². The monoisotopic (exact) mass is 206 g/mol. The SMILES string of the molecule is CC1=CC(C2C=COC2=O)CC(C)(C)C1. The Bertz CT molecular complexity index is 336. The molecule has 2 unspecified atom stereocenters. The fourth-order valence-electron chi connectivity index (χ4n) is 2.84. The largest absolute Gasteiger partial charge is 0.434 e. The lowest BCUT2D eigenvalue weighted by atomic mass is 9.69. The summed E-state index contributed by atoms with van der Waals surface area (Å²) < 4.78 is 4.87. The molecule has 0 amide bonds. The lowest BCUT2D eigenvalue weighted by molar-refractivity contribution is -0.140. The van der Waals surface area contributed by atoms with Gasteiger partial charge in [-0.25, -0.2) is 0 Å². The van der Waals surface area contributed by atoms with Crippen LogP contribution in [-0.2, 0) is 9.53 Å². The van der Waals surface area contributed by atoms with Crippen LogP contribution in [0.25, 0.3) is 0 Å². The average Bonchev–Trinajstić information content (AvgIpc) is 2.47. The van der Waals surface area contributed by atoms with Gasteiger partial charge in [0.25, 0.3) is 0 Å². The highest BCUT2D eigenvalue weighted by molar-refractivity contribution is 5.78. The number of allylic oxidation sites excluding steroid dienone is 2. The molecule has 2 nitrogen and oxygen atoms in total. The smallest absolute Gasteiger partial charge is 0.318 e. The second-order valence-corrected chi connectivity index (χ2v) is 5.51. The van der Waals surface area contributed by atoms with Crippen molar-refractivity contribution in [3.63, 3.8) is 0 Å². The third-order valence-electron chi connectivity index (χ3n) is 3.25. The Morgan fingerprint density at radius 1 is 1.47 bits per heavy atom. The third kappa shape index (κ3) is 2.14. The van der Waals surface area contributed by atoms with Gasteiger partial charge in [0, 0.05) is 0 Å². The van der Waals surface area contributed by atoms with Crippen LogP contribution in [-0.4, -0.2) is 5.97 Å². The van der Waals surface area contributed by atoms with Crippen LogP contribution in [0.4, 0.5) is 0 Å². The number of carbonyl (C=O) groups is 1. The fraction of sp³-hybridized carbons (Fsp3) is 0.615. The molecule has 0 aromatic carbocycles. The zero-order valence-corrected chi connectivity index (χ0v) is 9.62. The maximum Gasteiger partial charge on any atom is 0.318 e. The first-order valence-electron chi connectivity index (χ1n) is 5.52. The van der Waals surface area contributed by atoms with E-state index in [0.717, 1.165) is 12.8 Å². The molecule has 1 heterocycles. The van der Waals surface area contributed by atoms with E-state index < -0.39 is 0 Å². The third-order valence-corrected chi connectivity index (χ3v) is 3.25. The summed E-state index contributed by atoms with van der Waals surface area (Å²) in [5, 5.41) is 0. The maximum atomic E-state index is 11.5. The summed E-state index contributed by atoms with van der Waals surface area (Å²) >= 11 is 0. The number of carbonyl (C=O) groups excluding carboxylic acids is 1. The van der Waals surface area contributed by atoms with Gasteiger partial charge in [-0.15, -0.1) is 0 Å². The van der Waals surface area contributed by atoms with Crippen molar-refractivity contribution in [1.29, 1.82) is 0 Å². The molecule has 0 N–H and O–H groups in total. The second-order valence-electron chi connectivity index (χ2n) is 5.51. The van der Waals surface area contributed by atoms with Gasteiger partial charge in [0.05, 0.1) is 12.2 Å². The highest BCUT2D eigenvalue weighted by atomic mass is 16.5. The Hall–Kier alpha value is -1.05. The topological polar surface area (TPSA) is 26.3 Å². The standard InChI is InChI=1S/C13H18O2/c1-9-6-10(8-13(2,3)7-9)11-4-5-15-12(11)14/h4-6,10-11H,7-8H2,1-3H3. The van der Waals surface area contributed by atoms with Gasteiger partial charge in [-0.3, -0.25) is 4.79 Å². The predicted molar refractivity (Wildman–Crippen MR) is 59.0 cm³/mol. The van der Waals surface area contributed by atoms with E-state index in [-0.39, 0.29) is 11.9 Å². The molecule has 2 heteroatoms. The van der Waals surface area contributed by atoms with Gasteiger partial charge in [-0.05, 0) is 37.2 Å². The molecule has 0 fully saturated rings. The van der Waals surface area contributed by atoms with Gasteiger partial charge in [-0.2, -0.15) is 0 Å². The number of esters is 1. The summed E-state index contributed by atoms with van der Waals surface area (Å²) in [5.74, 6) is 0.168. The van der Waals surface area contributed by atoms with Gasteiger partial charge in [0.15, 0.2) is 0 Å². The van der Waals surface area contributed by atoms with Crippen LogP contribution in [0.15, 0.2) is 24.0 Å². The van der Waals surface area contributed by atoms with Crippen LogP contribution in [0.3, 0.4) is 0 Å². The van der Waals surface area contributed by atoms with Crippen molar-refractivity contribution < 1.29 is 9.53 Å². The summed E-state index contributed by atoms with van der Waals surface area (Å²) in [6.45, 7) is 6.68. The molecule has 0 spiro atoms. The molecule has 82 valence electrons. The van der Waals surface area contributed by atoms with Crippen LogP contribution >= 0.6 is 0 Å². The molecular formula is C13H18O2. The quantitative estimate of drug-likeness (QED) is 0.487. The van der Waals surface area contributed by atoms with Crippen molar-refractivity contribution in [2.75, 3.05) is 0 Å². The highest BCUT2D eigenvalue weighted by Crippen LogP contribution is 2.42. The Labute approximate surface area is 91.0 Å². The Morgan fingerprint density at radius 2 is 2.20 bits per heavy atom. The van der Waals surface area contributed by atoms with Crippen LogP contribution in [0.1, 0.15) is 33.6 Å². The van der Waals surface area contributed by atoms with E-state index in [1.54, 1.807) is 0 Å². The minimum atomic E-state index is -0.0956. The van der Waals surface area contributed by atoms with Crippen molar-refractivity contribution in [3.05, 3.63) is 24.0 Å². The second kappa shape index (κ2) is 3.51. The first kappa shape index (κ1) is 10.5. The Kier molecular flexibility index (Phi) is 2.45. The predicted octanol–water partition coefficient (Wildman–Crippen LogP) is 3.06. The Morgan fingerprint density at radius 3 is 2.73 bits per heavy atom. The maximum absolute atomic E-state index is 11.5. The molecule has 0 bridgehead atoms. The van der Waals surface area contributed by atoms with Gasteiger partial charge >= 0.3 is 5.97 Å². The first-order valence-corrected chi connectivity index (χ1v) is 5.52. The minimum absolute atomic E-state index is 0.0560. The van der Waals surface area contributed by atoms with E-state index >= 15 is 0 Å². The number of hydrogen-bond donors (Lipinski definition) is 0. The lowest BCUT2D eigenvalue weighted by Gasteiger charge is -2.35. The zero-order chi connectivity index (χ0) is 11.1. The van der Waals surface area contributed by atoms with Crippen molar-refractivity contribution >= 4 is 5.97 Å². The molecule has 0 saturated carbocycles. The molecular weight excluding hydrogens is 188 g/mol.